The van der Waals surface area contributed by atoms with Gasteiger partial charge in [0.05, 0.1) is 0 Å². The van der Waals surface area contributed by atoms with E-state index in [0.29, 0.717) is 12.1 Å². The van der Waals surface area contributed by atoms with Crippen LogP contribution in [0.2, 0.25) is 0 Å². The minimum atomic E-state index is 0.386. The summed E-state index contributed by atoms with van der Waals surface area (Å²) in [5, 5.41) is 3.69. The predicted octanol–water partition coefficient (Wildman–Crippen LogP) is 3.13. The van der Waals surface area contributed by atoms with E-state index in [9.17, 15) is 0 Å². The fraction of sp³-hybridized carbons (Fsp3) is 0.647. The van der Waals surface area contributed by atoms with Crippen molar-refractivity contribution in [3.05, 3.63) is 29.8 Å². The van der Waals surface area contributed by atoms with Crippen molar-refractivity contribution in [1.82, 2.24) is 10.2 Å². The highest BCUT2D eigenvalue weighted by Gasteiger charge is 2.11. The molecule has 0 saturated heterocycles. The van der Waals surface area contributed by atoms with E-state index >= 15 is 0 Å². The number of nitrogens with one attached hydrogen (secondary N) is 1. The Morgan fingerprint density at radius 1 is 1.00 bits per heavy atom. The maximum Gasteiger partial charge on any atom is 0.0361 e. The van der Waals surface area contributed by atoms with Crippen LogP contribution in [0.1, 0.15) is 39.3 Å². The number of hydrogen-bond acceptors (Lipinski definition) is 3. The van der Waals surface area contributed by atoms with Crippen LogP contribution in [0, 0.1) is 0 Å². The van der Waals surface area contributed by atoms with Crippen LogP contribution in [0.3, 0.4) is 0 Å². The predicted molar refractivity (Wildman–Crippen MR) is 89.6 cm³/mol. The van der Waals surface area contributed by atoms with E-state index in [1.807, 2.05) is 0 Å². The Kier molecular flexibility index (Phi) is 7.03. The van der Waals surface area contributed by atoms with E-state index in [1.54, 1.807) is 0 Å². The third-order valence-corrected chi connectivity index (χ3v) is 3.87. The number of anilines is 1. The molecule has 1 aromatic carbocycles. The molecule has 20 heavy (non-hydrogen) atoms. The fourth-order valence-corrected chi connectivity index (χ4v) is 2.51. The Labute approximate surface area is 125 Å². The second kappa shape index (κ2) is 8.28. The Hall–Kier alpha value is -1.06. The van der Waals surface area contributed by atoms with Crippen LogP contribution in [-0.4, -0.2) is 44.7 Å². The van der Waals surface area contributed by atoms with Gasteiger partial charge in [-0.3, -0.25) is 0 Å². The summed E-state index contributed by atoms with van der Waals surface area (Å²) in [6.45, 7) is 12.3. The van der Waals surface area contributed by atoms with E-state index in [0.717, 1.165) is 19.6 Å². The van der Waals surface area contributed by atoms with Crippen LogP contribution in [0.25, 0.3) is 0 Å². The number of benzene rings is 1. The van der Waals surface area contributed by atoms with Gasteiger partial charge in [0.2, 0.25) is 0 Å². The fourth-order valence-electron chi connectivity index (χ4n) is 2.51. The lowest BCUT2D eigenvalue weighted by Crippen LogP contribution is -2.40. The van der Waals surface area contributed by atoms with E-state index in [2.05, 4.69) is 81.2 Å². The summed E-state index contributed by atoms with van der Waals surface area (Å²) in [7, 11) is 4.14. The molecule has 1 N–H and O–H groups in total. The molecule has 0 heterocycles. The molecule has 114 valence electrons. The summed E-state index contributed by atoms with van der Waals surface area (Å²) in [5.41, 5.74) is 2.60. The smallest absolute Gasteiger partial charge is 0.0361 e. The zero-order chi connectivity index (χ0) is 15.1. The Bertz CT molecular complexity index is 368. The average molecular weight is 277 g/mol. The lowest BCUT2D eigenvalue weighted by molar-refractivity contribution is 0.264. The van der Waals surface area contributed by atoms with Gasteiger partial charge in [0.15, 0.2) is 0 Å². The van der Waals surface area contributed by atoms with Gasteiger partial charge < -0.3 is 15.1 Å². The molecule has 0 aromatic heterocycles. The molecule has 0 bridgehead atoms. The van der Waals surface area contributed by atoms with Gasteiger partial charge >= 0.3 is 0 Å². The lowest BCUT2D eigenvalue weighted by atomic mass is 10.1. The molecular formula is C17H31N3. The summed E-state index contributed by atoms with van der Waals surface area (Å²) >= 11 is 0. The maximum absolute atomic E-state index is 3.69. The Morgan fingerprint density at radius 3 is 2.00 bits per heavy atom. The number of likely N-dealkylation sites (N-methyl/N-ethyl adjacent to an activating group) is 1. The van der Waals surface area contributed by atoms with E-state index < -0.39 is 0 Å². The van der Waals surface area contributed by atoms with Crippen LogP contribution >= 0.6 is 0 Å². The first kappa shape index (κ1) is 17.0. The first-order valence-corrected chi connectivity index (χ1v) is 7.73. The molecule has 0 radical (unpaired) electrons. The number of nitrogens with zero attached hydrogens (tertiary/aromatic N) is 2. The van der Waals surface area contributed by atoms with Crippen molar-refractivity contribution < 1.29 is 0 Å². The van der Waals surface area contributed by atoms with E-state index in [-0.39, 0.29) is 0 Å². The van der Waals surface area contributed by atoms with Crippen LogP contribution < -0.4 is 10.2 Å². The standard InChI is InChI=1S/C17H31N3/c1-7-20(8-2)13-14(3)18-15(4)16-9-11-17(12-10-16)19(5)6/h9-12,14-15,18H,7-8,13H2,1-6H3. The van der Waals surface area contributed by atoms with Crippen molar-refractivity contribution in [1.29, 1.82) is 0 Å². The maximum atomic E-state index is 3.69. The monoisotopic (exact) mass is 277 g/mol. The van der Waals surface area contributed by atoms with Crippen molar-refractivity contribution in [2.24, 2.45) is 0 Å². The minimum absolute atomic E-state index is 0.386. The van der Waals surface area contributed by atoms with Crippen molar-refractivity contribution >= 4 is 5.69 Å². The highest BCUT2D eigenvalue weighted by atomic mass is 15.1. The van der Waals surface area contributed by atoms with Gasteiger partial charge in [0.25, 0.3) is 0 Å². The van der Waals surface area contributed by atoms with Crippen LogP contribution in [0.4, 0.5) is 5.69 Å². The van der Waals surface area contributed by atoms with E-state index in [4.69, 9.17) is 0 Å². The molecule has 3 heteroatoms. The summed E-state index contributed by atoms with van der Waals surface area (Å²) in [4.78, 5) is 4.59. The molecule has 1 aromatic rings. The molecule has 0 fully saturated rings. The zero-order valence-corrected chi connectivity index (χ0v) is 14.0. The molecule has 3 nitrogen and oxygen atoms in total. The van der Waals surface area contributed by atoms with Crippen LogP contribution in [0.5, 0.6) is 0 Å². The molecule has 0 aliphatic heterocycles. The third-order valence-electron chi connectivity index (χ3n) is 3.87. The quantitative estimate of drug-likeness (QED) is 0.787. The largest absolute Gasteiger partial charge is 0.378 e. The highest BCUT2D eigenvalue weighted by Crippen LogP contribution is 2.18. The summed E-state index contributed by atoms with van der Waals surface area (Å²) in [5.74, 6) is 0. The Morgan fingerprint density at radius 2 is 1.55 bits per heavy atom. The molecular weight excluding hydrogens is 246 g/mol. The molecule has 0 amide bonds. The van der Waals surface area contributed by atoms with Crippen molar-refractivity contribution in [3.63, 3.8) is 0 Å². The first-order valence-electron chi connectivity index (χ1n) is 7.73. The minimum Gasteiger partial charge on any atom is -0.378 e. The second-order valence-electron chi connectivity index (χ2n) is 5.76. The molecule has 2 atom stereocenters. The molecule has 0 saturated carbocycles. The van der Waals surface area contributed by atoms with Gasteiger partial charge in [-0.05, 0) is 44.6 Å². The van der Waals surface area contributed by atoms with Crippen LogP contribution in [-0.2, 0) is 0 Å². The van der Waals surface area contributed by atoms with Gasteiger partial charge in [-0.25, -0.2) is 0 Å². The van der Waals surface area contributed by atoms with Crippen LogP contribution in [0.15, 0.2) is 24.3 Å². The van der Waals surface area contributed by atoms with Gasteiger partial charge in [0.1, 0.15) is 0 Å². The molecule has 0 spiro atoms. The number of rotatable bonds is 8. The van der Waals surface area contributed by atoms with Gasteiger partial charge in [-0.2, -0.15) is 0 Å². The zero-order valence-electron chi connectivity index (χ0n) is 14.0. The topological polar surface area (TPSA) is 18.5 Å². The summed E-state index contributed by atoms with van der Waals surface area (Å²) < 4.78 is 0. The SMILES string of the molecule is CCN(CC)CC(C)NC(C)c1ccc(N(C)C)cc1. The average Bonchev–Trinajstić information content (AvgIpc) is 2.44. The van der Waals surface area contributed by atoms with Crippen molar-refractivity contribution in [2.75, 3.05) is 38.6 Å². The van der Waals surface area contributed by atoms with Gasteiger partial charge in [0, 0.05) is 38.4 Å². The first-order chi connectivity index (χ1) is 9.47. The number of hydrogen-bond donors (Lipinski definition) is 1. The van der Waals surface area contributed by atoms with Gasteiger partial charge in [-0.1, -0.05) is 26.0 Å². The van der Waals surface area contributed by atoms with Crippen molar-refractivity contribution in [3.8, 4) is 0 Å². The Balaban J connectivity index is 2.55. The summed E-state index contributed by atoms with van der Waals surface area (Å²) in [6, 6.07) is 9.69. The second-order valence-corrected chi connectivity index (χ2v) is 5.76. The summed E-state index contributed by atoms with van der Waals surface area (Å²) in [6.07, 6.45) is 0. The van der Waals surface area contributed by atoms with E-state index in [1.165, 1.54) is 11.3 Å². The van der Waals surface area contributed by atoms with Crippen molar-refractivity contribution in [2.45, 2.75) is 39.8 Å². The molecule has 1 rings (SSSR count). The normalized spacial score (nSPS) is 14.3. The molecule has 2 unspecified atom stereocenters. The lowest BCUT2D eigenvalue weighted by Gasteiger charge is -2.26. The third kappa shape index (κ3) is 5.14. The highest BCUT2D eigenvalue weighted by molar-refractivity contribution is 5.46. The molecule has 0 aliphatic carbocycles. The molecule has 0 aliphatic rings. The van der Waals surface area contributed by atoms with Gasteiger partial charge in [-0.15, -0.1) is 0 Å².